The molecule has 0 aliphatic carbocycles. The van der Waals surface area contributed by atoms with Crippen LogP contribution in [0.25, 0.3) is 0 Å². The third kappa shape index (κ3) is 1.46. The zero-order valence-corrected chi connectivity index (χ0v) is 8.29. The van der Waals surface area contributed by atoms with Crippen LogP contribution in [0.3, 0.4) is 0 Å². The van der Waals surface area contributed by atoms with Crippen LogP contribution in [-0.2, 0) is 4.79 Å². The molecule has 14 heavy (non-hydrogen) atoms. The van der Waals surface area contributed by atoms with Gasteiger partial charge in [-0.3, -0.25) is 4.79 Å². The Balaban J connectivity index is 3.28. The highest BCUT2D eigenvalue weighted by Gasteiger charge is 2.30. The summed E-state index contributed by atoms with van der Waals surface area (Å²) >= 11 is 0. The number of amides is 1. The fraction of sp³-hybridized carbons (Fsp3) is 0.0833. The number of rotatable bonds is 2. The number of likely N-dealkylation sites (tertiary alicyclic amines) is 1. The summed E-state index contributed by atoms with van der Waals surface area (Å²) in [5.41, 5.74) is 2.13. The molecule has 0 N–H and O–H groups in total. The van der Waals surface area contributed by atoms with Gasteiger partial charge in [-0.15, -0.1) is 0 Å². The van der Waals surface area contributed by atoms with Gasteiger partial charge in [-0.05, 0) is 6.08 Å². The first-order valence-corrected chi connectivity index (χ1v) is 4.26. The van der Waals surface area contributed by atoms with Crippen molar-refractivity contribution in [3.8, 4) is 0 Å². The Kier molecular flexibility index (Phi) is 2.87. The van der Waals surface area contributed by atoms with Gasteiger partial charge in [0.1, 0.15) is 0 Å². The summed E-state index contributed by atoms with van der Waals surface area (Å²) in [5.74, 6) is -0.0528. The number of nitrogens with zero attached hydrogens (tertiary/aromatic N) is 1. The van der Waals surface area contributed by atoms with Crippen LogP contribution in [0.4, 0.5) is 0 Å². The van der Waals surface area contributed by atoms with Gasteiger partial charge in [0, 0.05) is 23.9 Å². The van der Waals surface area contributed by atoms with Gasteiger partial charge in [-0.1, -0.05) is 38.0 Å². The fourth-order valence-corrected chi connectivity index (χ4v) is 1.34. The summed E-state index contributed by atoms with van der Waals surface area (Å²) in [6, 6.07) is 0. The molecule has 0 spiro atoms. The molecule has 0 unspecified atom stereocenters. The van der Waals surface area contributed by atoms with Gasteiger partial charge in [-0.25, -0.2) is 0 Å². The van der Waals surface area contributed by atoms with Crippen LogP contribution in [0.5, 0.6) is 0 Å². The van der Waals surface area contributed by atoms with Crippen LogP contribution in [0.15, 0.2) is 60.9 Å². The number of hydrogen-bond donors (Lipinski definition) is 0. The van der Waals surface area contributed by atoms with Crippen molar-refractivity contribution in [2.75, 3.05) is 7.05 Å². The average Bonchev–Trinajstić information content (AvgIpc) is 2.36. The van der Waals surface area contributed by atoms with Gasteiger partial charge in [0.2, 0.25) is 0 Å². The van der Waals surface area contributed by atoms with Gasteiger partial charge >= 0.3 is 0 Å². The Morgan fingerprint density at radius 3 is 2.14 bits per heavy atom. The van der Waals surface area contributed by atoms with E-state index in [0.717, 1.165) is 5.57 Å². The van der Waals surface area contributed by atoms with E-state index in [0.29, 0.717) is 11.3 Å². The highest BCUT2D eigenvalue weighted by molar-refractivity contribution is 6.05. The number of carbonyl (C=O) groups excluding carboxylic acids is 1. The first-order chi connectivity index (χ1) is 6.63. The lowest BCUT2D eigenvalue weighted by molar-refractivity contribution is -0.122. The van der Waals surface area contributed by atoms with Crippen molar-refractivity contribution in [3.05, 3.63) is 60.9 Å². The molecule has 0 aromatic rings. The summed E-state index contributed by atoms with van der Waals surface area (Å²) in [6.45, 7) is 11.0. The largest absolute Gasteiger partial charge is 0.311 e. The maximum Gasteiger partial charge on any atom is 0.258 e. The molecule has 0 atom stereocenters. The van der Waals surface area contributed by atoms with E-state index in [1.807, 2.05) is 0 Å². The second-order valence-electron chi connectivity index (χ2n) is 2.94. The minimum Gasteiger partial charge on any atom is -0.311 e. The zero-order valence-electron chi connectivity index (χ0n) is 8.29. The first-order valence-electron chi connectivity index (χ1n) is 4.26. The molecule has 2 nitrogen and oxygen atoms in total. The predicted molar refractivity (Wildman–Crippen MR) is 58.5 cm³/mol. The topological polar surface area (TPSA) is 20.3 Å². The second-order valence-corrected chi connectivity index (χ2v) is 2.94. The molecule has 0 saturated carbocycles. The minimum atomic E-state index is -0.0528. The standard InChI is InChI=1S/C12H13NO/c1-5-7-10-9(3)13(4)12(14)11(10)8-6-2/h5-8H,1-3H2,4H3/b10-7-,11-8+. The monoisotopic (exact) mass is 187 g/mol. The van der Waals surface area contributed by atoms with Gasteiger partial charge in [0.25, 0.3) is 5.91 Å². The molecule has 0 aromatic heterocycles. The highest BCUT2D eigenvalue weighted by atomic mass is 16.2. The van der Waals surface area contributed by atoms with E-state index in [-0.39, 0.29) is 5.91 Å². The third-order valence-electron chi connectivity index (χ3n) is 2.11. The fourth-order valence-electron chi connectivity index (χ4n) is 1.34. The SMILES string of the molecule is C=C/C=C1/C(=C)N(C)C(=O)/C1=C/C=C. The van der Waals surface area contributed by atoms with Crippen LogP contribution in [0.1, 0.15) is 0 Å². The molecule has 1 amide bonds. The Morgan fingerprint density at radius 1 is 1.14 bits per heavy atom. The lowest BCUT2D eigenvalue weighted by Crippen LogP contribution is -2.17. The van der Waals surface area contributed by atoms with Crippen LogP contribution in [0.2, 0.25) is 0 Å². The molecule has 2 heteroatoms. The van der Waals surface area contributed by atoms with Crippen LogP contribution in [-0.4, -0.2) is 17.9 Å². The van der Waals surface area contributed by atoms with E-state index >= 15 is 0 Å². The van der Waals surface area contributed by atoms with Gasteiger partial charge in [-0.2, -0.15) is 0 Å². The van der Waals surface area contributed by atoms with Gasteiger partial charge in [0.15, 0.2) is 0 Å². The quantitative estimate of drug-likeness (QED) is 0.607. The molecule has 1 aliphatic rings. The smallest absolute Gasteiger partial charge is 0.258 e. The molecule has 0 aromatic carbocycles. The van der Waals surface area contributed by atoms with Crippen LogP contribution in [0, 0.1) is 0 Å². The molecule has 1 heterocycles. The normalized spacial score (nSPS) is 22.2. The van der Waals surface area contributed by atoms with Crippen LogP contribution >= 0.6 is 0 Å². The van der Waals surface area contributed by atoms with Crippen molar-refractivity contribution in [1.82, 2.24) is 4.90 Å². The van der Waals surface area contributed by atoms with Crippen molar-refractivity contribution < 1.29 is 4.79 Å². The molecule has 72 valence electrons. The third-order valence-corrected chi connectivity index (χ3v) is 2.11. The molecule has 0 radical (unpaired) electrons. The molecule has 1 aliphatic heterocycles. The van der Waals surface area contributed by atoms with Gasteiger partial charge in [0.05, 0.1) is 0 Å². The van der Waals surface area contributed by atoms with E-state index in [1.165, 1.54) is 4.90 Å². The lowest BCUT2D eigenvalue weighted by atomic mass is 10.1. The molecular formula is C12H13NO. The van der Waals surface area contributed by atoms with E-state index in [1.54, 1.807) is 31.4 Å². The molecule has 1 saturated heterocycles. The van der Waals surface area contributed by atoms with Crippen molar-refractivity contribution in [2.24, 2.45) is 0 Å². The Bertz CT molecular complexity index is 336. The summed E-state index contributed by atoms with van der Waals surface area (Å²) in [4.78, 5) is 13.2. The number of carbonyl (C=O) groups is 1. The van der Waals surface area contributed by atoms with Crippen molar-refractivity contribution in [2.45, 2.75) is 0 Å². The number of allylic oxidation sites excluding steroid dienone is 5. The van der Waals surface area contributed by atoms with E-state index in [9.17, 15) is 4.79 Å². The lowest BCUT2D eigenvalue weighted by Gasteiger charge is -2.06. The first kappa shape index (κ1) is 10.3. The summed E-state index contributed by atoms with van der Waals surface area (Å²) in [7, 11) is 1.70. The molecular weight excluding hydrogens is 174 g/mol. The number of hydrogen-bond acceptors (Lipinski definition) is 1. The maximum absolute atomic E-state index is 11.7. The van der Waals surface area contributed by atoms with Gasteiger partial charge < -0.3 is 4.90 Å². The molecule has 0 bridgehead atoms. The minimum absolute atomic E-state index is 0.0528. The van der Waals surface area contributed by atoms with Crippen molar-refractivity contribution in [3.63, 3.8) is 0 Å². The second kappa shape index (κ2) is 3.92. The van der Waals surface area contributed by atoms with Crippen molar-refractivity contribution in [1.29, 1.82) is 0 Å². The number of likely N-dealkylation sites (N-methyl/N-ethyl adjacent to an activating group) is 1. The summed E-state index contributed by atoms with van der Waals surface area (Å²) < 4.78 is 0. The highest BCUT2D eigenvalue weighted by Crippen LogP contribution is 2.30. The van der Waals surface area contributed by atoms with E-state index in [4.69, 9.17) is 0 Å². The zero-order chi connectivity index (χ0) is 10.7. The Labute approximate surface area is 84.2 Å². The summed E-state index contributed by atoms with van der Waals surface area (Å²) in [5, 5.41) is 0. The maximum atomic E-state index is 11.7. The van der Waals surface area contributed by atoms with E-state index in [2.05, 4.69) is 19.7 Å². The summed E-state index contributed by atoms with van der Waals surface area (Å²) in [6.07, 6.45) is 6.70. The Hall–Kier alpha value is -1.83. The molecule has 1 fully saturated rings. The molecule has 1 rings (SSSR count). The van der Waals surface area contributed by atoms with E-state index < -0.39 is 0 Å². The van der Waals surface area contributed by atoms with Crippen molar-refractivity contribution >= 4 is 5.91 Å². The van der Waals surface area contributed by atoms with Crippen LogP contribution < -0.4 is 0 Å². The Morgan fingerprint density at radius 2 is 1.64 bits per heavy atom. The predicted octanol–water partition coefficient (Wildman–Crippen LogP) is 2.20. The average molecular weight is 187 g/mol.